The number of thioether (sulfide) groups is 1. The smallest absolute Gasteiger partial charge is 0.252 e. The van der Waals surface area contributed by atoms with E-state index in [-0.39, 0.29) is 35.1 Å². The Hall–Kier alpha value is -2.12. The molecule has 4 rings (SSSR count). The molecule has 0 spiro atoms. The summed E-state index contributed by atoms with van der Waals surface area (Å²) in [5.41, 5.74) is 5.23. The molecule has 0 radical (unpaired) electrons. The Balaban J connectivity index is 1.66. The fourth-order valence-electron chi connectivity index (χ4n) is 3.88. The first-order chi connectivity index (χ1) is 13.7. The lowest BCUT2D eigenvalue weighted by atomic mass is 10.1. The number of amides is 1. The summed E-state index contributed by atoms with van der Waals surface area (Å²) in [6.45, 7) is 6.07. The number of amidine groups is 1. The first-order valence-corrected chi connectivity index (χ1v) is 12.3. The molecule has 2 aromatic carbocycles. The molecule has 2 atom stereocenters. The minimum atomic E-state index is -3.07. The van der Waals surface area contributed by atoms with E-state index in [1.807, 2.05) is 68.1 Å². The fourth-order valence-corrected chi connectivity index (χ4v) is 7.82. The number of nitrogens with zero attached hydrogens (tertiary/aromatic N) is 2. The van der Waals surface area contributed by atoms with Gasteiger partial charge in [-0.3, -0.25) is 4.79 Å². The highest BCUT2D eigenvalue weighted by atomic mass is 32.2. The maximum Gasteiger partial charge on any atom is 0.252 e. The van der Waals surface area contributed by atoms with Crippen LogP contribution in [0.5, 0.6) is 0 Å². The Morgan fingerprint density at radius 2 is 1.90 bits per heavy atom. The zero-order valence-electron chi connectivity index (χ0n) is 16.8. The first-order valence-electron chi connectivity index (χ1n) is 9.62. The second-order valence-electron chi connectivity index (χ2n) is 7.89. The quantitative estimate of drug-likeness (QED) is 0.749. The van der Waals surface area contributed by atoms with Crippen LogP contribution in [0, 0.1) is 20.8 Å². The zero-order chi connectivity index (χ0) is 20.8. The van der Waals surface area contributed by atoms with Gasteiger partial charge in [-0.25, -0.2) is 8.42 Å². The van der Waals surface area contributed by atoms with Crippen LogP contribution in [0.3, 0.4) is 0 Å². The van der Waals surface area contributed by atoms with E-state index in [0.29, 0.717) is 5.17 Å². The maximum absolute atomic E-state index is 12.7. The second kappa shape index (κ2) is 7.61. The highest BCUT2D eigenvalue weighted by Gasteiger charge is 2.49. The summed E-state index contributed by atoms with van der Waals surface area (Å²) in [5, 5.41) is 0.517. The molecule has 2 aliphatic rings. The average molecular weight is 429 g/mol. The third-order valence-corrected chi connectivity index (χ3v) is 8.70. The second-order valence-corrected chi connectivity index (χ2v) is 11.3. The van der Waals surface area contributed by atoms with Gasteiger partial charge in [0.25, 0.3) is 5.91 Å². The largest absolute Gasteiger partial charge is 0.316 e. The standard InChI is InChI=1S/C22H24N2O3S2/c1-14-5-4-6-17(9-14)11-21(25)23-22-24(18-8-7-15(2)16(3)10-18)19-12-29(26,27)13-20(19)28-22/h4-10,19-20H,11-13H2,1-3H3/t19-,20+/m1/s1. The average Bonchev–Trinajstić information content (AvgIpc) is 3.08. The van der Waals surface area contributed by atoms with E-state index in [1.165, 1.54) is 17.3 Å². The Labute approximate surface area is 176 Å². The summed E-state index contributed by atoms with van der Waals surface area (Å²) in [4.78, 5) is 19.1. The number of hydrogen-bond donors (Lipinski definition) is 0. The van der Waals surface area contributed by atoms with E-state index < -0.39 is 9.84 Å². The summed E-state index contributed by atoms with van der Waals surface area (Å²) in [6.07, 6.45) is 0.236. The lowest BCUT2D eigenvalue weighted by molar-refractivity contribution is -0.117. The van der Waals surface area contributed by atoms with Gasteiger partial charge in [0, 0.05) is 10.9 Å². The van der Waals surface area contributed by atoms with Crippen LogP contribution in [0.15, 0.2) is 47.5 Å². The number of carbonyl (C=O) groups excluding carboxylic acids is 1. The van der Waals surface area contributed by atoms with Gasteiger partial charge >= 0.3 is 0 Å². The van der Waals surface area contributed by atoms with Crippen LogP contribution in [-0.2, 0) is 21.1 Å². The molecule has 2 saturated heterocycles. The minimum Gasteiger partial charge on any atom is -0.316 e. The number of rotatable bonds is 3. The van der Waals surface area contributed by atoms with Gasteiger partial charge in [-0.1, -0.05) is 47.7 Å². The van der Waals surface area contributed by atoms with Gasteiger partial charge in [-0.15, -0.1) is 0 Å². The summed E-state index contributed by atoms with van der Waals surface area (Å²) in [7, 11) is -3.07. The molecule has 7 heteroatoms. The van der Waals surface area contributed by atoms with Crippen molar-refractivity contribution in [1.29, 1.82) is 0 Å². The van der Waals surface area contributed by atoms with Crippen LogP contribution in [-0.4, -0.2) is 42.3 Å². The first kappa shape index (κ1) is 20.2. The van der Waals surface area contributed by atoms with Crippen LogP contribution in [0.4, 0.5) is 5.69 Å². The Morgan fingerprint density at radius 1 is 1.10 bits per heavy atom. The van der Waals surface area contributed by atoms with Crippen molar-refractivity contribution < 1.29 is 13.2 Å². The van der Waals surface area contributed by atoms with Crippen molar-refractivity contribution in [3.8, 4) is 0 Å². The highest BCUT2D eigenvalue weighted by Crippen LogP contribution is 2.41. The summed E-state index contributed by atoms with van der Waals surface area (Å²) in [6, 6.07) is 13.7. The molecule has 2 aliphatic heterocycles. The highest BCUT2D eigenvalue weighted by molar-refractivity contribution is 8.16. The van der Waals surface area contributed by atoms with Gasteiger partial charge in [0.05, 0.1) is 24.0 Å². The molecule has 0 unspecified atom stereocenters. The molecule has 5 nitrogen and oxygen atoms in total. The third-order valence-electron chi connectivity index (χ3n) is 5.49. The third kappa shape index (κ3) is 4.26. The normalized spacial score (nSPS) is 24.1. The van der Waals surface area contributed by atoms with E-state index in [0.717, 1.165) is 22.4 Å². The fraction of sp³-hybridized carbons (Fsp3) is 0.364. The van der Waals surface area contributed by atoms with Crippen LogP contribution in [0.25, 0.3) is 0 Å². The number of hydrogen-bond acceptors (Lipinski definition) is 4. The molecule has 152 valence electrons. The molecule has 0 saturated carbocycles. The lowest BCUT2D eigenvalue weighted by Gasteiger charge is -2.25. The van der Waals surface area contributed by atoms with E-state index in [1.54, 1.807) is 0 Å². The van der Waals surface area contributed by atoms with Gasteiger partial charge in [-0.05, 0) is 49.6 Å². The molecule has 2 fully saturated rings. The van der Waals surface area contributed by atoms with Crippen molar-refractivity contribution in [1.82, 2.24) is 0 Å². The van der Waals surface area contributed by atoms with Crippen molar-refractivity contribution >= 4 is 38.4 Å². The maximum atomic E-state index is 12.7. The number of benzene rings is 2. The van der Waals surface area contributed by atoms with Crippen LogP contribution in [0.1, 0.15) is 22.3 Å². The number of carbonyl (C=O) groups is 1. The molecular weight excluding hydrogens is 404 g/mol. The van der Waals surface area contributed by atoms with Crippen LogP contribution < -0.4 is 4.90 Å². The number of anilines is 1. The number of aliphatic imine (C=N–C) groups is 1. The van der Waals surface area contributed by atoms with E-state index >= 15 is 0 Å². The van der Waals surface area contributed by atoms with Gasteiger partial charge in [-0.2, -0.15) is 4.99 Å². The number of aryl methyl sites for hydroxylation is 3. The Bertz CT molecular complexity index is 1110. The number of sulfone groups is 1. The predicted molar refractivity (Wildman–Crippen MR) is 120 cm³/mol. The van der Waals surface area contributed by atoms with Gasteiger partial charge in [0.2, 0.25) is 0 Å². The van der Waals surface area contributed by atoms with Gasteiger partial charge < -0.3 is 4.90 Å². The topological polar surface area (TPSA) is 66.8 Å². The molecule has 2 heterocycles. The molecule has 0 aromatic heterocycles. The van der Waals surface area contributed by atoms with Gasteiger partial charge in [0.1, 0.15) is 0 Å². The molecule has 2 aromatic rings. The summed E-state index contributed by atoms with van der Waals surface area (Å²) < 4.78 is 24.4. The van der Waals surface area contributed by atoms with Crippen molar-refractivity contribution in [3.05, 3.63) is 64.7 Å². The molecule has 0 aliphatic carbocycles. The minimum absolute atomic E-state index is 0.0906. The van der Waals surface area contributed by atoms with Crippen LogP contribution >= 0.6 is 11.8 Å². The predicted octanol–water partition coefficient (Wildman–Crippen LogP) is 3.46. The van der Waals surface area contributed by atoms with E-state index in [4.69, 9.17) is 0 Å². The van der Waals surface area contributed by atoms with Crippen molar-refractivity contribution in [2.24, 2.45) is 4.99 Å². The van der Waals surface area contributed by atoms with Crippen LogP contribution in [0.2, 0.25) is 0 Å². The Morgan fingerprint density at radius 3 is 2.62 bits per heavy atom. The molecule has 0 bridgehead atoms. The molecular formula is C22H24N2O3S2. The molecule has 29 heavy (non-hydrogen) atoms. The molecule has 0 N–H and O–H groups in total. The lowest BCUT2D eigenvalue weighted by Crippen LogP contribution is -2.37. The van der Waals surface area contributed by atoms with E-state index in [9.17, 15) is 13.2 Å². The van der Waals surface area contributed by atoms with Crippen molar-refractivity contribution in [3.63, 3.8) is 0 Å². The molecule has 1 amide bonds. The van der Waals surface area contributed by atoms with Crippen molar-refractivity contribution in [2.75, 3.05) is 16.4 Å². The zero-order valence-corrected chi connectivity index (χ0v) is 18.4. The SMILES string of the molecule is Cc1cccc(CC(=O)N=C2S[C@H]3CS(=O)(=O)C[C@H]3N2c2ccc(C)c(C)c2)c1. The number of fused-ring (bicyclic) bond motifs is 1. The van der Waals surface area contributed by atoms with Gasteiger partial charge in [0.15, 0.2) is 15.0 Å². The monoisotopic (exact) mass is 428 g/mol. The van der Waals surface area contributed by atoms with E-state index in [2.05, 4.69) is 4.99 Å². The Kier molecular flexibility index (Phi) is 5.29. The van der Waals surface area contributed by atoms with Crippen molar-refractivity contribution in [2.45, 2.75) is 38.5 Å². The summed E-state index contributed by atoms with van der Waals surface area (Å²) in [5.74, 6) is 0.0204. The summed E-state index contributed by atoms with van der Waals surface area (Å²) >= 11 is 1.41.